The fourth-order valence-corrected chi connectivity index (χ4v) is 7.96. The highest BCUT2D eigenvalue weighted by atomic mass is 28.4. The number of ether oxygens (including phenoxy) is 7. The summed E-state index contributed by atoms with van der Waals surface area (Å²) in [5.41, 5.74) is 0. The van der Waals surface area contributed by atoms with Crippen molar-refractivity contribution in [3.8, 4) is 0 Å². The van der Waals surface area contributed by atoms with E-state index in [1.54, 1.807) is 0 Å². The van der Waals surface area contributed by atoms with E-state index >= 15 is 0 Å². The highest BCUT2D eigenvalue weighted by Gasteiger charge is 2.48. The van der Waals surface area contributed by atoms with Crippen LogP contribution in [0.3, 0.4) is 0 Å². The summed E-state index contributed by atoms with van der Waals surface area (Å²) < 4.78 is 48.8. The Kier molecular flexibility index (Phi) is 16.3. The van der Waals surface area contributed by atoms with Gasteiger partial charge in [-0.05, 0) is 108 Å². The molecule has 48 heavy (non-hydrogen) atoms. The predicted octanol–water partition coefficient (Wildman–Crippen LogP) is 7.03. The lowest BCUT2D eigenvalue weighted by Gasteiger charge is -2.39. The molecule has 0 aromatic rings. The summed E-state index contributed by atoms with van der Waals surface area (Å²) in [6, 6.07) is 0. The van der Waals surface area contributed by atoms with Crippen LogP contribution in [0.15, 0.2) is 12.2 Å². The van der Waals surface area contributed by atoms with Crippen LogP contribution in [0, 0.1) is 11.8 Å². The van der Waals surface area contributed by atoms with Gasteiger partial charge in [-0.1, -0.05) is 32.9 Å². The number of hydrogen-bond donors (Lipinski definition) is 1. The number of unbranched alkanes of at least 4 members (excludes halogenated alkanes) is 1. The van der Waals surface area contributed by atoms with Crippen LogP contribution in [-0.2, 0) is 42.4 Å². The molecular weight excluding hydrogens is 632 g/mol. The lowest BCUT2D eigenvalue weighted by Crippen LogP contribution is -2.44. The van der Waals surface area contributed by atoms with Gasteiger partial charge in [-0.3, -0.25) is 0 Å². The van der Waals surface area contributed by atoms with Crippen LogP contribution >= 0.6 is 0 Å². The third kappa shape index (κ3) is 12.1. The third-order valence-corrected chi connectivity index (χ3v) is 15.5. The van der Waals surface area contributed by atoms with E-state index in [0.717, 1.165) is 83.8 Å². The Labute approximate surface area is 291 Å². The Morgan fingerprint density at radius 3 is 1.94 bits per heavy atom. The highest BCUT2D eigenvalue weighted by molar-refractivity contribution is 6.74. The average Bonchev–Trinajstić information content (AvgIpc) is 3.39. The molecule has 10 nitrogen and oxygen atoms in total. The first-order chi connectivity index (χ1) is 23.0. The van der Waals surface area contributed by atoms with Crippen molar-refractivity contribution in [1.82, 2.24) is 0 Å². The smallest absolute Gasteiger partial charge is 0.337 e. The minimum atomic E-state index is -1.99. The second-order valence-corrected chi connectivity index (χ2v) is 20.5. The van der Waals surface area contributed by atoms with Crippen LogP contribution in [0.4, 0.5) is 0 Å². The molecule has 0 bridgehead atoms. The second-order valence-electron chi connectivity index (χ2n) is 15.7. The maximum Gasteiger partial charge on any atom is 0.337 e. The molecule has 4 aliphatic rings. The number of carbonyl (C=O) groups is 1. The SMILES string of the molecule is COC(=O)C(OC1CCCCO1)C(O)CCC/C=C\C[C@@H]1[C@@H](CO[Si](C)(C)C(C)(C)C)[C@H](OC2CCCCO2)C[C@H]1OC1CCCCO1. The monoisotopic (exact) mass is 698 g/mol. The van der Waals surface area contributed by atoms with Gasteiger partial charge in [-0.2, -0.15) is 0 Å². The molecule has 1 N–H and O–H groups in total. The Bertz CT molecular complexity index is 952. The van der Waals surface area contributed by atoms with Crippen LogP contribution in [0.1, 0.15) is 111 Å². The molecule has 4 fully saturated rings. The average molecular weight is 699 g/mol. The molecule has 0 amide bonds. The molecule has 3 saturated heterocycles. The molecule has 0 aromatic heterocycles. The predicted molar refractivity (Wildman–Crippen MR) is 186 cm³/mol. The molecule has 3 aliphatic heterocycles. The van der Waals surface area contributed by atoms with Crippen molar-refractivity contribution in [3.05, 3.63) is 12.2 Å². The van der Waals surface area contributed by atoms with Gasteiger partial charge in [-0.25, -0.2) is 4.79 Å². The van der Waals surface area contributed by atoms with Crippen molar-refractivity contribution in [2.75, 3.05) is 33.5 Å². The Morgan fingerprint density at radius 1 is 0.854 bits per heavy atom. The Balaban J connectivity index is 1.39. The highest BCUT2D eigenvalue weighted by Crippen LogP contribution is 2.44. The first kappa shape index (κ1) is 39.9. The largest absolute Gasteiger partial charge is 0.467 e. The topological polar surface area (TPSA) is 111 Å². The lowest BCUT2D eigenvalue weighted by atomic mass is 9.90. The maximum absolute atomic E-state index is 12.4. The Hall–Kier alpha value is -0.893. The number of aliphatic hydroxyl groups is 1. The summed E-state index contributed by atoms with van der Waals surface area (Å²) in [6.07, 6.45) is 14.1. The van der Waals surface area contributed by atoms with Gasteiger partial charge in [-0.15, -0.1) is 0 Å². The van der Waals surface area contributed by atoms with Gasteiger partial charge in [0.2, 0.25) is 0 Å². The van der Waals surface area contributed by atoms with Crippen LogP contribution in [0.2, 0.25) is 18.1 Å². The van der Waals surface area contributed by atoms with Crippen molar-refractivity contribution in [1.29, 1.82) is 0 Å². The fourth-order valence-electron chi connectivity index (χ4n) is 6.92. The van der Waals surface area contributed by atoms with Gasteiger partial charge >= 0.3 is 5.97 Å². The van der Waals surface area contributed by atoms with E-state index in [0.29, 0.717) is 32.5 Å². The van der Waals surface area contributed by atoms with Gasteiger partial charge in [0, 0.05) is 38.8 Å². The maximum atomic E-state index is 12.4. The Morgan fingerprint density at radius 2 is 1.42 bits per heavy atom. The summed E-state index contributed by atoms with van der Waals surface area (Å²) in [4.78, 5) is 12.4. The second kappa shape index (κ2) is 19.6. The van der Waals surface area contributed by atoms with Gasteiger partial charge in [0.05, 0.1) is 25.4 Å². The van der Waals surface area contributed by atoms with Crippen LogP contribution in [0.5, 0.6) is 0 Å². The van der Waals surface area contributed by atoms with E-state index in [2.05, 4.69) is 46.0 Å². The normalized spacial score (nSPS) is 31.9. The molecule has 4 rings (SSSR count). The van der Waals surface area contributed by atoms with E-state index < -0.39 is 32.8 Å². The van der Waals surface area contributed by atoms with Crippen molar-refractivity contribution in [2.45, 2.75) is 172 Å². The molecule has 0 radical (unpaired) electrons. The van der Waals surface area contributed by atoms with E-state index in [4.69, 9.17) is 37.6 Å². The first-order valence-corrected chi connectivity index (χ1v) is 21.8. The number of esters is 1. The minimum absolute atomic E-state index is 0.00106. The van der Waals surface area contributed by atoms with Crippen LogP contribution < -0.4 is 0 Å². The number of allylic oxidation sites excluding steroid dienone is 2. The minimum Gasteiger partial charge on any atom is -0.467 e. The molecule has 5 unspecified atom stereocenters. The van der Waals surface area contributed by atoms with Gasteiger partial charge in [0.25, 0.3) is 0 Å². The molecular formula is C37H66O10Si. The molecule has 9 atom stereocenters. The summed E-state index contributed by atoms with van der Waals surface area (Å²) in [6.45, 7) is 14.2. The number of carbonyl (C=O) groups excluding carboxylic acids is 1. The van der Waals surface area contributed by atoms with E-state index in [-0.39, 0.29) is 41.7 Å². The standard InChI is InChI=1S/C37H66O10Si/c1-37(2,3)48(5,6)44-26-28-27(30(45-32-19-11-14-22-41-32)25-31(28)46-33-20-12-15-23-42-33)17-9-7-8-10-18-29(38)35(36(39)40-4)47-34-21-13-16-24-43-34/h7,9,27-35,38H,8,10-26H2,1-6H3/b9-7-/t27-,28-,29?,30-,31-,32?,33?,34?,35?/m1/s1. The molecule has 1 aliphatic carbocycles. The van der Waals surface area contributed by atoms with Crippen molar-refractivity contribution in [2.24, 2.45) is 11.8 Å². The summed E-state index contributed by atoms with van der Waals surface area (Å²) >= 11 is 0. The molecule has 1 saturated carbocycles. The summed E-state index contributed by atoms with van der Waals surface area (Å²) in [5.74, 6) is -0.184. The number of hydrogen-bond acceptors (Lipinski definition) is 10. The fraction of sp³-hybridized carbons (Fsp3) is 0.919. The molecule has 278 valence electrons. The van der Waals surface area contributed by atoms with Crippen LogP contribution in [0.25, 0.3) is 0 Å². The van der Waals surface area contributed by atoms with Gasteiger partial charge in [0.1, 0.15) is 0 Å². The van der Waals surface area contributed by atoms with Crippen LogP contribution in [-0.4, -0.2) is 96.2 Å². The first-order valence-electron chi connectivity index (χ1n) is 18.8. The zero-order chi connectivity index (χ0) is 34.6. The number of aliphatic hydroxyl groups excluding tert-OH is 1. The molecule has 0 aromatic carbocycles. The van der Waals surface area contributed by atoms with Crippen molar-refractivity contribution in [3.63, 3.8) is 0 Å². The van der Waals surface area contributed by atoms with Crippen molar-refractivity contribution >= 4 is 14.3 Å². The zero-order valence-corrected chi connectivity index (χ0v) is 31.7. The summed E-state index contributed by atoms with van der Waals surface area (Å²) in [7, 11) is -0.670. The number of rotatable bonds is 17. The molecule has 11 heteroatoms. The zero-order valence-electron chi connectivity index (χ0n) is 30.7. The summed E-state index contributed by atoms with van der Waals surface area (Å²) in [5, 5.41) is 11.0. The molecule has 0 spiro atoms. The number of methoxy groups -OCH3 is 1. The quantitative estimate of drug-likeness (QED) is 0.0736. The van der Waals surface area contributed by atoms with E-state index in [1.807, 2.05) is 0 Å². The van der Waals surface area contributed by atoms with Gasteiger partial charge < -0.3 is 42.7 Å². The lowest BCUT2D eigenvalue weighted by molar-refractivity contribution is -0.217. The third-order valence-electron chi connectivity index (χ3n) is 11.0. The van der Waals surface area contributed by atoms with Gasteiger partial charge in [0.15, 0.2) is 33.3 Å². The van der Waals surface area contributed by atoms with E-state index in [9.17, 15) is 9.90 Å². The van der Waals surface area contributed by atoms with E-state index in [1.165, 1.54) is 7.11 Å². The van der Waals surface area contributed by atoms with Crippen molar-refractivity contribution < 1.29 is 47.5 Å². The molecule has 3 heterocycles.